The van der Waals surface area contributed by atoms with Gasteiger partial charge in [-0.3, -0.25) is 24.0 Å². The van der Waals surface area contributed by atoms with Crippen LogP contribution in [0.2, 0.25) is 0 Å². The van der Waals surface area contributed by atoms with E-state index in [1.807, 2.05) is 13.8 Å². The van der Waals surface area contributed by atoms with Gasteiger partial charge in [-0.1, -0.05) is 26.0 Å². The molecule has 1 aromatic carbocycles. The lowest BCUT2D eigenvalue weighted by Gasteiger charge is -2.24. The fourth-order valence-corrected chi connectivity index (χ4v) is 3.45. The van der Waals surface area contributed by atoms with Gasteiger partial charge in [0.15, 0.2) is 0 Å². The van der Waals surface area contributed by atoms with Gasteiger partial charge in [0.05, 0.1) is 12.5 Å². The second-order valence-corrected chi connectivity index (χ2v) is 9.23. The fraction of sp³-hybridized carbons (Fsp3) is 0.500. The van der Waals surface area contributed by atoms with Crippen molar-refractivity contribution in [3.63, 3.8) is 0 Å². The summed E-state index contributed by atoms with van der Waals surface area (Å²) in [6, 6.07) is 0.0265. The van der Waals surface area contributed by atoms with E-state index in [-0.39, 0.29) is 30.9 Å². The van der Waals surface area contributed by atoms with Crippen molar-refractivity contribution in [1.29, 1.82) is 0 Å². The zero-order valence-corrected chi connectivity index (χ0v) is 21.2. The summed E-state index contributed by atoms with van der Waals surface area (Å²) < 4.78 is 0. The molecule has 1 aromatic rings. The number of phenolic OH excluding ortho intramolecular Hbond substituents is 1. The van der Waals surface area contributed by atoms with Gasteiger partial charge < -0.3 is 42.7 Å². The number of carbonyl (C=O) groups excluding carboxylic acids is 4. The number of aromatic hydroxyl groups is 1. The van der Waals surface area contributed by atoms with Crippen LogP contribution in [0, 0.1) is 5.92 Å². The number of nitrogens with two attached hydrogens (primary N) is 2. The summed E-state index contributed by atoms with van der Waals surface area (Å²) in [6.07, 6.45) is -1.34. The maximum absolute atomic E-state index is 12.9. The molecule has 4 atom stereocenters. The third-order valence-electron chi connectivity index (χ3n) is 5.38. The van der Waals surface area contributed by atoms with Crippen LogP contribution in [0.15, 0.2) is 24.3 Å². The molecule has 0 aliphatic heterocycles. The van der Waals surface area contributed by atoms with Crippen molar-refractivity contribution in [2.75, 3.05) is 0 Å². The van der Waals surface area contributed by atoms with E-state index >= 15 is 0 Å². The summed E-state index contributed by atoms with van der Waals surface area (Å²) in [6.45, 7) is 3.68. The average molecular weight is 538 g/mol. The molecule has 0 aromatic heterocycles. The highest BCUT2D eigenvalue weighted by atomic mass is 16.4. The number of rotatable bonds is 16. The van der Waals surface area contributed by atoms with Gasteiger partial charge in [-0.15, -0.1) is 0 Å². The van der Waals surface area contributed by atoms with Gasteiger partial charge in [-0.05, 0) is 36.5 Å². The van der Waals surface area contributed by atoms with Gasteiger partial charge in [0.25, 0.3) is 0 Å². The lowest BCUT2D eigenvalue weighted by atomic mass is 10.0. The fourth-order valence-electron chi connectivity index (χ4n) is 3.45. The second-order valence-electron chi connectivity index (χ2n) is 9.23. The van der Waals surface area contributed by atoms with Crippen molar-refractivity contribution in [2.24, 2.45) is 17.4 Å². The molecule has 38 heavy (non-hydrogen) atoms. The molecule has 14 nitrogen and oxygen atoms in total. The van der Waals surface area contributed by atoms with Gasteiger partial charge in [0.1, 0.15) is 23.9 Å². The number of phenols is 1. The van der Waals surface area contributed by atoms with Crippen LogP contribution < -0.4 is 27.4 Å². The third-order valence-corrected chi connectivity index (χ3v) is 5.38. The number of carboxylic acid groups (broad SMARTS) is 2. The number of amides is 4. The smallest absolute Gasteiger partial charge is 0.326 e. The first kappa shape index (κ1) is 31.8. The standard InChI is InChI=1S/C24H35N5O9/c1-12(2)9-15(25)21(34)27-16(7-8-19(26)31)22(35)28-17(11-20(32)33)23(36)29-18(24(37)38)10-13-3-5-14(30)6-4-13/h3-6,12,15-18,30H,7-11,25H2,1-2H3,(H2,26,31)(H,27,34)(H,28,35)(H,29,36)(H,32,33)(H,37,38). The van der Waals surface area contributed by atoms with E-state index in [1.165, 1.54) is 24.3 Å². The zero-order chi connectivity index (χ0) is 29.0. The van der Waals surface area contributed by atoms with Crippen molar-refractivity contribution < 1.29 is 44.1 Å². The molecule has 210 valence electrons. The molecule has 0 fully saturated rings. The number of aliphatic carboxylic acids is 2. The van der Waals surface area contributed by atoms with Gasteiger partial charge >= 0.3 is 11.9 Å². The van der Waals surface area contributed by atoms with Crippen LogP contribution in [0.3, 0.4) is 0 Å². The molecule has 14 heteroatoms. The molecule has 0 spiro atoms. The second kappa shape index (κ2) is 15.1. The quantitative estimate of drug-likeness (QED) is 0.122. The monoisotopic (exact) mass is 537 g/mol. The molecule has 1 rings (SSSR count). The Balaban J connectivity index is 3.05. The Morgan fingerprint density at radius 2 is 1.37 bits per heavy atom. The summed E-state index contributed by atoms with van der Waals surface area (Å²) in [5, 5.41) is 35.0. The average Bonchev–Trinajstić information content (AvgIpc) is 2.80. The van der Waals surface area contributed by atoms with Crippen molar-refractivity contribution >= 4 is 35.6 Å². The van der Waals surface area contributed by atoms with Crippen LogP contribution in [0.4, 0.5) is 0 Å². The maximum atomic E-state index is 12.9. The molecule has 0 heterocycles. The minimum Gasteiger partial charge on any atom is -0.508 e. The van der Waals surface area contributed by atoms with E-state index in [1.54, 1.807) is 0 Å². The number of nitrogens with one attached hydrogen (secondary N) is 3. The van der Waals surface area contributed by atoms with Crippen molar-refractivity contribution in [3.8, 4) is 5.75 Å². The number of benzene rings is 1. The molecule has 4 amide bonds. The molecular weight excluding hydrogens is 502 g/mol. The van der Waals surface area contributed by atoms with Crippen LogP contribution in [0.25, 0.3) is 0 Å². The van der Waals surface area contributed by atoms with Gasteiger partial charge in [0.2, 0.25) is 23.6 Å². The Bertz CT molecular complexity index is 1010. The number of primary amides is 1. The summed E-state index contributed by atoms with van der Waals surface area (Å²) in [5.41, 5.74) is 11.5. The van der Waals surface area contributed by atoms with Crippen LogP contribution in [-0.2, 0) is 35.2 Å². The SMILES string of the molecule is CC(C)CC(N)C(=O)NC(CCC(N)=O)C(=O)NC(CC(=O)O)C(=O)NC(Cc1ccc(O)cc1)C(=O)O. The predicted octanol–water partition coefficient (Wildman–Crippen LogP) is -1.41. The Labute approximate surface area is 219 Å². The van der Waals surface area contributed by atoms with Crippen LogP contribution in [-0.4, -0.2) is 75.1 Å². The first-order valence-corrected chi connectivity index (χ1v) is 11.9. The molecular formula is C24H35N5O9. The Hall–Kier alpha value is -4.20. The van der Waals surface area contributed by atoms with Crippen molar-refractivity contribution in [3.05, 3.63) is 29.8 Å². The Morgan fingerprint density at radius 1 is 0.842 bits per heavy atom. The van der Waals surface area contributed by atoms with Gasteiger partial charge in [-0.25, -0.2) is 4.79 Å². The summed E-state index contributed by atoms with van der Waals surface area (Å²) >= 11 is 0. The van der Waals surface area contributed by atoms with E-state index < -0.39 is 66.2 Å². The molecule has 0 aliphatic carbocycles. The van der Waals surface area contributed by atoms with Crippen LogP contribution >= 0.6 is 0 Å². The van der Waals surface area contributed by atoms with E-state index in [9.17, 15) is 44.1 Å². The highest BCUT2D eigenvalue weighted by Crippen LogP contribution is 2.12. The number of carboxylic acids is 2. The maximum Gasteiger partial charge on any atom is 0.326 e. The third kappa shape index (κ3) is 11.7. The highest BCUT2D eigenvalue weighted by Gasteiger charge is 2.32. The first-order chi connectivity index (χ1) is 17.7. The first-order valence-electron chi connectivity index (χ1n) is 11.9. The minimum atomic E-state index is -1.71. The lowest BCUT2D eigenvalue weighted by molar-refractivity contribution is -0.143. The largest absolute Gasteiger partial charge is 0.508 e. The van der Waals surface area contributed by atoms with Gasteiger partial charge in [0, 0.05) is 12.8 Å². The summed E-state index contributed by atoms with van der Waals surface area (Å²) in [4.78, 5) is 72.6. The predicted molar refractivity (Wildman–Crippen MR) is 133 cm³/mol. The van der Waals surface area contributed by atoms with Crippen LogP contribution in [0.1, 0.15) is 45.1 Å². The zero-order valence-electron chi connectivity index (χ0n) is 21.2. The van der Waals surface area contributed by atoms with Crippen molar-refractivity contribution in [2.45, 2.75) is 70.1 Å². The van der Waals surface area contributed by atoms with Crippen LogP contribution in [0.5, 0.6) is 5.75 Å². The summed E-state index contributed by atoms with van der Waals surface area (Å²) in [5.74, 6) is -6.39. The molecule has 10 N–H and O–H groups in total. The molecule has 4 unspecified atom stereocenters. The molecule has 0 saturated carbocycles. The van der Waals surface area contributed by atoms with Crippen molar-refractivity contribution in [1.82, 2.24) is 16.0 Å². The number of carbonyl (C=O) groups is 6. The molecule has 0 radical (unpaired) electrons. The van der Waals surface area contributed by atoms with E-state index in [0.717, 1.165) is 0 Å². The lowest BCUT2D eigenvalue weighted by Crippen LogP contribution is -2.57. The number of hydrogen-bond donors (Lipinski definition) is 8. The highest BCUT2D eigenvalue weighted by molar-refractivity contribution is 5.95. The van der Waals surface area contributed by atoms with E-state index in [4.69, 9.17) is 11.5 Å². The van der Waals surface area contributed by atoms with Gasteiger partial charge in [-0.2, -0.15) is 0 Å². The Kier molecular flexibility index (Phi) is 12.7. The topological polar surface area (TPSA) is 251 Å². The number of hydrogen-bond acceptors (Lipinski definition) is 8. The molecule has 0 aliphatic rings. The normalized spacial score (nSPS) is 14.0. The molecule has 0 saturated heterocycles. The molecule has 0 bridgehead atoms. The Morgan fingerprint density at radius 3 is 1.87 bits per heavy atom. The summed E-state index contributed by atoms with van der Waals surface area (Å²) in [7, 11) is 0. The van der Waals surface area contributed by atoms with E-state index in [0.29, 0.717) is 12.0 Å². The van der Waals surface area contributed by atoms with E-state index in [2.05, 4.69) is 16.0 Å². The minimum absolute atomic E-state index is 0.0444.